The molecule has 2 fully saturated rings. The molecule has 0 bridgehead atoms. The Balaban J connectivity index is 1.93. The summed E-state index contributed by atoms with van der Waals surface area (Å²) in [6.45, 7) is 1.94. The van der Waals surface area contributed by atoms with E-state index in [1.165, 1.54) is 16.4 Å². The second-order valence-corrected chi connectivity index (χ2v) is 9.06. The van der Waals surface area contributed by atoms with Crippen LogP contribution in [0.25, 0.3) is 0 Å². The molecule has 0 radical (unpaired) electrons. The van der Waals surface area contributed by atoms with Crippen molar-refractivity contribution in [3.63, 3.8) is 0 Å². The number of hydrogen-bond donors (Lipinski definition) is 0. The van der Waals surface area contributed by atoms with Gasteiger partial charge in [0, 0.05) is 45.2 Å². The third kappa shape index (κ3) is 3.22. The number of nitriles is 1. The Hall–Kier alpha value is -1.95. The Bertz CT molecular complexity index is 848. The third-order valence-electron chi connectivity index (χ3n) is 5.73. The summed E-state index contributed by atoms with van der Waals surface area (Å²) in [5.41, 5.74) is -0.191. The van der Waals surface area contributed by atoms with E-state index in [9.17, 15) is 18.5 Å². The van der Waals surface area contributed by atoms with Gasteiger partial charge in [-0.2, -0.15) is 9.57 Å². The van der Waals surface area contributed by atoms with Crippen molar-refractivity contribution in [2.45, 2.75) is 29.7 Å². The molecule has 0 aliphatic carbocycles. The minimum atomic E-state index is -3.76. The summed E-state index contributed by atoms with van der Waals surface area (Å²) >= 11 is 0. The van der Waals surface area contributed by atoms with Gasteiger partial charge in [-0.25, -0.2) is 8.42 Å². The molecule has 8 heteroatoms. The zero-order valence-corrected chi connectivity index (χ0v) is 16.0. The number of carbonyl (C=O) groups excluding carboxylic acids is 1. The lowest BCUT2D eigenvalue weighted by atomic mass is 9.87. The van der Waals surface area contributed by atoms with Crippen molar-refractivity contribution in [2.24, 2.45) is 0 Å². The smallest absolute Gasteiger partial charge is 0.244 e. The van der Waals surface area contributed by atoms with E-state index in [1.807, 2.05) is 13.1 Å². The molecule has 0 N–H and O–H groups in total. The average molecular weight is 376 g/mol. The summed E-state index contributed by atoms with van der Waals surface area (Å²) in [5.74, 6) is 0.102. The van der Waals surface area contributed by atoms with Crippen LogP contribution in [0.3, 0.4) is 0 Å². The van der Waals surface area contributed by atoms with E-state index in [2.05, 4.69) is 4.90 Å². The molecule has 1 amide bonds. The molecule has 0 saturated carbocycles. The molecule has 7 nitrogen and oxygen atoms in total. The topological polar surface area (TPSA) is 84.7 Å². The van der Waals surface area contributed by atoms with Crippen molar-refractivity contribution >= 4 is 15.9 Å². The number of hydrogen-bond acceptors (Lipinski definition) is 5. The van der Waals surface area contributed by atoms with Crippen LogP contribution in [0, 0.1) is 11.3 Å². The summed E-state index contributed by atoms with van der Waals surface area (Å²) in [5, 5.41) is 9.28. The Morgan fingerprint density at radius 1 is 1.12 bits per heavy atom. The number of rotatable bonds is 2. The Morgan fingerprint density at radius 3 is 2.58 bits per heavy atom. The van der Waals surface area contributed by atoms with Crippen LogP contribution in [0.4, 0.5) is 0 Å². The van der Waals surface area contributed by atoms with E-state index in [1.54, 1.807) is 24.1 Å². The van der Waals surface area contributed by atoms with E-state index in [0.29, 0.717) is 39.0 Å². The number of nitrogens with zero attached hydrogens (tertiary/aromatic N) is 4. The highest BCUT2D eigenvalue weighted by Crippen LogP contribution is 2.34. The standard InChI is InChI=1S/C18H24N4O3S/c1-20-10-9-18(8-7-17(20)23)14-22(12-11-21(18)2)26(24,25)16-6-4-3-5-15(16)13-19/h3-6H,7-12,14H2,1-2H3. The lowest BCUT2D eigenvalue weighted by Gasteiger charge is -2.48. The molecule has 0 aromatic heterocycles. The fraction of sp³-hybridized carbons (Fsp3) is 0.556. The van der Waals surface area contributed by atoms with Crippen LogP contribution in [0.2, 0.25) is 0 Å². The first kappa shape index (κ1) is 18.8. The highest BCUT2D eigenvalue weighted by Gasteiger charge is 2.45. The predicted molar refractivity (Wildman–Crippen MR) is 96.8 cm³/mol. The maximum Gasteiger partial charge on any atom is 0.244 e. The number of benzene rings is 1. The zero-order chi connectivity index (χ0) is 18.9. The molecule has 2 aliphatic heterocycles. The van der Waals surface area contributed by atoms with Crippen molar-refractivity contribution in [2.75, 3.05) is 40.3 Å². The fourth-order valence-electron chi connectivity index (χ4n) is 3.85. The monoisotopic (exact) mass is 376 g/mol. The normalized spacial score (nSPS) is 25.9. The number of amides is 1. The first-order valence-electron chi connectivity index (χ1n) is 8.75. The van der Waals surface area contributed by atoms with Crippen molar-refractivity contribution in [1.82, 2.24) is 14.1 Å². The molecule has 1 unspecified atom stereocenters. The highest BCUT2D eigenvalue weighted by molar-refractivity contribution is 7.89. The lowest BCUT2D eigenvalue weighted by molar-refractivity contribution is -0.129. The summed E-state index contributed by atoms with van der Waals surface area (Å²) in [6, 6.07) is 8.29. The van der Waals surface area contributed by atoms with Crippen molar-refractivity contribution in [3.8, 4) is 6.07 Å². The summed E-state index contributed by atoms with van der Waals surface area (Å²) in [4.78, 5) is 16.0. The van der Waals surface area contributed by atoms with Crippen LogP contribution in [-0.4, -0.2) is 74.2 Å². The van der Waals surface area contributed by atoms with E-state index in [-0.39, 0.29) is 21.9 Å². The van der Waals surface area contributed by atoms with Crippen LogP contribution in [0.5, 0.6) is 0 Å². The predicted octanol–water partition coefficient (Wildman–Crippen LogP) is 0.875. The number of likely N-dealkylation sites (N-methyl/N-ethyl adjacent to an activating group) is 1. The van der Waals surface area contributed by atoms with Crippen LogP contribution in [0.1, 0.15) is 24.8 Å². The molecule has 26 heavy (non-hydrogen) atoms. The first-order chi connectivity index (χ1) is 12.3. The Labute approximate surface area is 154 Å². The van der Waals surface area contributed by atoms with E-state index < -0.39 is 10.0 Å². The van der Waals surface area contributed by atoms with Gasteiger partial charge in [-0.05, 0) is 32.0 Å². The van der Waals surface area contributed by atoms with Gasteiger partial charge in [-0.15, -0.1) is 0 Å². The summed E-state index contributed by atoms with van der Waals surface area (Å²) < 4.78 is 27.9. The fourth-order valence-corrected chi connectivity index (χ4v) is 5.50. The van der Waals surface area contributed by atoms with Gasteiger partial charge < -0.3 is 4.90 Å². The van der Waals surface area contributed by atoms with Gasteiger partial charge in [0.15, 0.2) is 0 Å². The summed E-state index contributed by atoms with van der Waals surface area (Å²) in [7, 11) is 0.0396. The first-order valence-corrected chi connectivity index (χ1v) is 10.2. The molecule has 1 aromatic carbocycles. The van der Waals surface area contributed by atoms with Gasteiger partial charge in [-0.3, -0.25) is 9.69 Å². The number of likely N-dealkylation sites (tertiary alicyclic amines) is 1. The molecule has 2 heterocycles. The maximum atomic E-state index is 13.2. The maximum absolute atomic E-state index is 13.2. The van der Waals surface area contributed by atoms with Gasteiger partial charge in [0.1, 0.15) is 6.07 Å². The van der Waals surface area contributed by atoms with Crippen LogP contribution in [-0.2, 0) is 14.8 Å². The van der Waals surface area contributed by atoms with E-state index in [4.69, 9.17) is 0 Å². The number of carbonyl (C=O) groups is 1. The largest absolute Gasteiger partial charge is 0.346 e. The molecule has 2 saturated heterocycles. The van der Waals surface area contributed by atoms with Crippen LogP contribution in [0.15, 0.2) is 29.2 Å². The van der Waals surface area contributed by atoms with Crippen molar-refractivity contribution < 1.29 is 13.2 Å². The third-order valence-corrected chi connectivity index (χ3v) is 7.64. The SMILES string of the molecule is CN1CCC2(CCC1=O)CN(S(=O)(=O)c1ccccc1C#N)CCN2C. The quantitative estimate of drug-likeness (QED) is 0.765. The lowest BCUT2D eigenvalue weighted by Crippen LogP contribution is -2.62. The molecule has 1 aromatic rings. The second-order valence-electron chi connectivity index (χ2n) is 7.16. The molecular formula is C18H24N4O3S. The van der Waals surface area contributed by atoms with Crippen LogP contribution >= 0.6 is 0 Å². The minimum Gasteiger partial charge on any atom is -0.346 e. The number of piperazine rings is 1. The minimum absolute atomic E-state index is 0.0593. The Morgan fingerprint density at radius 2 is 1.85 bits per heavy atom. The van der Waals surface area contributed by atoms with Crippen molar-refractivity contribution in [3.05, 3.63) is 29.8 Å². The molecule has 1 atom stereocenters. The molecule has 1 spiro atoms. The van der Waals surface area contributed by atoms with E-state index >= 15 is 0 Å². The summed E-state index contributed by atoms with van der Waals surface area (Å²) in [6.07, 6.45) is 1.79. The highest BCUT2D eigenvalue weighted by atomic mass is 32.2. The second kappa shape index (κ2) is 6.99. The van der Waals surface area contributed by atoms with Crippen LogP contribution < -0.4 is 0 Å². The molecule has 2 aliphatic rings. The van der Waals surface area contributed by atoms with E-state index in [0.717, 1.165) is 6.42 Å². The zero-order valence-electron chi connectivity index (χ0n) is 15.2. The van der Waals surface area contributed by atoms with Gasteiger partial charge in [-0.1, -0.05) is 12.1 Å². The molecule has 3 rings (SSSR count). The van der Waals surface area contributed by atoms with Crippen molar-refractivity contribution in [1.29, 1.82) is 5.26 Å². The van der Waals surface area contributed by atoms with Gasteiger partial charge in [0.05, 0.1) is 10.5 Å². The van der Waals surface area contributed by atoms with Gasteiger partial charge >= 0.3 is 0 Å². The Kier molecular flexibility index (Phi) is 5.06. The molecule has 140 valence electrons. The van der Waals surface area contributed by atoms with Gasteiger partial charge in [0.25, 0.3) is 0 Å². The molecular weight excluding hydrogens is 352 g/mol. The average Bonchev–Trinajstić information content (AvgIpc) is 2.78. The van der Waals surface area contributed by atoms with Gasteiger partial charge in [0.2, 0.25) is 15.9 Å². The number of sulfonamides is 1.